The van der Waals surface area contributed by atoms with Crippen LogP contribution in [-0.2, 0) is 6.05 Å². The van der Waals surface area contributed by atoms with Gasteiger partial charge in [-0.3, -0.25) is 0 Å². The molecule has 10 heteroatoms. The summed E-state index contributed by atoms with van der Waals surface area (Å²) in [7, 11) is 0. The maximum absolute atomic E-state index is 13.9. The van der Waals surface area contributed by atoms with Crippen LogP contribution in [0.25, 0.3) is 0 Å². The molecule has 0 fully saturated rings. The summed E-state index contributed by atoms with van der Waals surface area (Å²) in [5.41, 5.74) is -1.49. The van der Waals surface area contributed by atoms with Gasteiger partial charge in [0, 0.05) is 0 Å². The van der Waals surface area contributed by atoms with Crippen molar-refractivity contribution in [1.82, 2.24) is 9.78 Å². The van der Waals surface area contributed by atoms with Crippen molar-refractivity contribution in [1.29, 1.82) is 0 Å². The molecule has 0 amide bonds. The minimum atomic E-state index is -4.22. The van der Waals surface area contributed by atoms with Crippen LogP contribution >= 0.6 is 0 Å². The van der Waals surface area contributed by atoms with E-state index >= 15 is 0 Å². The maximum atomic E-state index is 13.9. The fraction of sp³-hybridized carbons (Fsp3) is 0.100. The van der Waals surface area contributed by atoms with E-state index in [1.165, 1.54) is 0 Å². The summed E-state index contributed by atoms with van der Waals surface area (Å²) in [6, 6.07) is -2.90. The first-order chi connectivity index (χ1) is 9.25. The molecule has 0 saturated heterocycles. The van der Waals surface area contributed by atoms with Crippen molar-refractivity contribution in [3.05, 3.63) is 57.5 Å². The second-order valence-electron chi connectivity index (χ2n) is 3.64. The first kappa shape index (κ1) is 13.9. The molecule has 1 aromatic carbocycles. The Morgan fingerprint density at radius 2 is 1.80 bits per heavy atom. The standard InChI is InChI=1S/C10H4F5N3O2/c11-6-2-1-5(8(12)9(6)13)10(14,15)17-4-3-7(16-17)18(19)20/h1-4H. The van der Waals surface area contributed by atoms with Gasteiger partial charge < -0.3 is 10.1 Å². The van der Waals surface area contributed by atoms with Gasteiger partial charge in [-0.2, -0.15) is 8.78 Å². The second-order valence-corrected chi connectivity index (χ2v) is 3.64. The Bertz CT molecular complexity index is 686. The highest BCUT2D eigenvalue weighted by molar-refractivity contribution is 5.26. The molecular formula is C10H4F5N3O2. The lowest BCUT2D eigenvalue weighted by Gasteiger charge is -2.15. The molecule has 106 valence electrons. The summed E-state index contributed by atoms with van der Waals surface area (Å²) in [5, 5.41) is 13.3. The number of aromatic nitrogens is 2. The average Bonchev–Trinajstić information content (AvgIpc) is 2.86. The van der Waals surface area contributed by atoms with E-state index in [9.17, 15) is 32.1 Å². The molecule has 2 aromatic rings. The van der Waals surface area contributed by atoms with Gasteiger partial charge in [-0.05, 0) is 17.1 Å². The number of nitro groups is 1. The van der Waals surface area contributed by atoms with Gasteiger partial charge in [-0.25, -0.2) is 13.2 Å². The normalized spacial score (nSPS) is 11.7. The van der Waals surface area contributed by atoms with Crippen LogP contribution in [0.3, 0.4) is 0 Å². The van der Waals surface area contributed by atoms with Gasteiger partial charge in [-0.1, -0.05) is 0 Å². The van der Waals surface area contributed by atoms with E-state index in [0.717, 1.165) is 0 Å². The Morgan fingerprint density at radius 3 is 2.35 bits per heavy atom. The van der Waals surface area contributed by atoms with Gasteiger partial charge in [0.2, 0.25) is 0 Å². The summed E-state index contributed by atoms with van der Waals surface area (Å²) < 4.78 is 66.5. The van der Waals surface area contributed by atoms with Crippen LogP contribution in [-0.4, -0.2) is 14.7 Å². The van der Waals surface area contributed by atoms with Crippen molar-refractivity contribution >= 4 is 5.82 Å². The number of halogens is 5. The monoisotopic (exact) mass is 293 g/mol. The SMILES string of the molecule is O=[N+]([O-])c1ccn(C(F)(F)c2ccc(F)c(F)c2F)n1. The van der Waals surface area contributed by atoms with Crippen molar-refractivity contribution in [2.75, 3.05) is 0 Å². The molecule has 1 heterocycles. The predicted molar refractivity (Wildman–Crippen MR) is 54.5 cm³/mol. The van der Waals surface area contributed by atoms with Crippen molar-refractivity contribution < 1.29 is 26.9 Å². The fourth-order valence-corrected chi connectivity index (χ4v) is 1.45. The molecule has 2 rings (SSSR count). The number of hydrogen-bond acceptors (Lipinski definition) is 3. The van der Waals surface area contributed by atoms with Crippen LogP contribution in [0.4, 0.5) is 27.8 Å². The van der Waals surface area contributed by atoms with E-state index in [2.05, 4.69) is 5.10 Å². The number of benzene rings is 1. The Morgan fingerprint density at radius 1 is 1.15 bits per heavy atom. The molecule has 0 radical (unpaired) electrons. The zero-order valence-electron chi connectivity index (χ0n) is 9.36. The number of nitrogens with zero attached hydrogens (tertiary/aromatic N) is 3. The lowest BCUT2D eigenvalue weighted by Crippen LogP contribution is -2.27. The van der Waals surface area contributed by atoms with Crippen molar-refractivity contribution in [3.63, 3.8) is 0 Å². The molecule has 0 saturated carbocycles. The highest BCUT2D eigenvalue weighted by Gasteiger charge is 2.42. The van der Waals surface area contributed by atoms with Crippen molar-refractivity contribution in [2.24, 2.45) is 0 Å². The number of rotatable bonds is 3. The van der Waals surface area contributed by atoms with E-state index in [-0.39, 0.29) is 4.68 Å². The minimum absolute atomic E-state index is 0.207. The molecule has 0 bridgehead atoms. The van der Waals surface area contributed by atoms with Gasteiger partial charge in [0.25, 0.3) is 0 Å². The third kappa shape index (κ3) is 2.08. The third-order valence-corrected chi connectivity index (χ3v) is 2.41. The van der Waals surface area contributed by atoms with Gasteiger partial charge in [0.15, 0.2) is 17.5 Å². The Kier molecular flexibility index (Phi) is 3.16. The Labute approximate surface area is 107 Å². The van der Waals surface area contributed by atoms with Crippen LogP contribution in [0, 0.1) is 27.6 Å². The molecule has 5 nitrogen and oxygen atoms in total. The molecule has 1 aromatic heterocycles. The lowest BCUT2D eigenvalue weighted by molar-refractivity contribution is -0.390. The topological polar surface area (TPSA) is 61.0 Å². The predicted octanol–water partition coefficient (Wildman–Crippen LogP) is 2.81. The quantitative estimate of drug-likeness (QED) is 0.378. The summed E-state index contributed by atoms with van der Waals surface area (Å²) in [4.78, 5) is 9.31. The van der Waals surface area contributed by atoms with Crippen LogP contribution in [0.2, 0.25) is 0 Å². The lowest BCUT2D eigenvalue weighted by atomic mass is 10.1. The van der Waals surface area contributed by atoms with Crippen LogP contribution < -0.4 is 0 Å². The molecule has 0 unspecified atom stereocenters. The largest absolute Gasteiger partial charge is 0.390 e. The number of hydrogen-bond donors (Lipinski definition) is 0. The Hall–Kier alpha value is -2.52. The molecule has 0 spiro atoms. The van der Waals surface area contributed by atoms with E-state index < -0.39 is 39.8 Å². The molecule has 0 aliphatic rings. The molecule has 0 atom stereocenters. The second kappa shape index (κ2) is 4.54. The summed E-state index contributed by atoms with van der Waals surface area (Å²) in [6.45, 7) is 0. The van der Waals surface area contributed by atoms with E-state index in [0.29, 0.717) is 24.4 Å². The van der Waals surface area contributed by atoms with Crippen molar-refractivity contribution in [3.8, 4) is 0 Å². The van der Waals surface area contributed by atoms with E-state index in [1.807, 2.05) is 0 Å². The first-order valence-corrected chi connectivity index (χ1v) is 4.97. The zero-order valence-corrected chi connectivity index (χ0v) is 9.36. The summed E-state index contributed by atoms with van der Waals surface area (Å²) in [6.07, 6.45) is 0.527. The maximum Gasteiger partial charge on any atom is 0.390 e. The number of alkyl halides is 2. The van der Waals surface area contributed by atoms with Gasteiger partial charge in [0.1, 0.15) is 0 Å². The van der Waals surface area contributed by atoms with Gasteiger partial charge >= 0.3 is 11.9 Å². The van der Waals surface area contributed by atoms with Crippen LogP contribution in [0.5, 0.6) is 0 Å². The molecule has 0 aliphatic carbocycles. The third-order valence-electron chi connectivity index (χ3n) is 2.41. The first-order valence-electron chi connectivity index (χ1n) is 4.97. The van der Waals surface area contributed by atoms with Crippen molar-refractivity contribution in [2.45, 2.75) is 6.05 Å². The van der Waals surface area contributed by atoms with Crippen LogP contribution in [0.15, 0.2) is 24.4 Å². The fourth-order valence-electron chi connectivity index (χ4n) is 1.45. The smallest absolute Gasteiger partial charge is 0.358 e. The molecule has 0 aliphatic heterocycles. The Balaban J connectivity index is 2.54. The molecule has 20 heavy (non-hydrogen) atoms. The highest BCUT2D eigenvalue weighted by atomic mass is 19.3. The summed E-state index contributed by atoms with van der Waals surface area (Å²) in [5.74, 6) is -6.68. The zero-order chi connectivity index (χ0) is 15.1. The average molecular weight is 293 g/mol. The van der Waals surface area contributed by atoms with Gasteiger partial charge in [0.05, 0.1) is 22.9 Å². The molecule has 0 N–H and O–H groups in total. The van der Waals surface area contributed by atoms with E-state index in [1.54, 1.807) is 0 Å². The van der Waals surface area contributed by atoms with Crippen LogP contribution in [0.1, 0.15) is 5.56 Å². The summed E-state index contributed by atoms with van der Waals surface area (Å²) >= 11 is 0. The molecular weight excluding hydrogens is 289 g/mol. The van der Waals surface area contributed by atoms with E-state index in [4.69, 9.17) is 0 Å². The van der Waals surface area contributed by atoms with Gasteiger partial charge in [-0.15, -0.1) is 4.68 Å². The highest BCUT2D eigenvalue weighted by Crippen LogP contribution is 2.33. The minimum Gasteiger partial charge on any atom is -0.358 e.